The molecule has 1 aliphatic rings. The number of ether oxygens (including phenoxy) is 2. The highest BCUT2D eigenvalue weighted by Crippen LogP contribution is 2.21. The molecule has 1 N–H and O–H groups in total. The second-order valence-corrected chi connectivity index (χ2v) is 6.34. The van der Waals surface area contributed by atoms with Crippen LogP contribution in [0.5, 0.6) is 5.75 Å². The van der Waals surface area contributed by atoms with Crippen molar-refractivity contribution in [3.05, 3.63) is 64.4 Å². The predicted octanol–water partition coefficient (Wildman–Crippen LogP) is 4.33. The molecule has 3 rings (SSSR count). The number of benzene rings is 2. The molecule has 1 fully saturated rings. The first-order valence-corrected chi connectivity index (χ1v) is 8.56. The Balaban J connectivity index is 1.50. The number of hydrogen-bond acceptors (Lipinski definition) is 3. The molecule has 2 aromatic rings. The molecule has 0 amide bonds. The van der Waals surface area contributed by atoms with Gasteiger partial charge in [0.1, 0.15) is 18.2 Å². The summed E-state index contributed by atoms with van der Waals surface area (Å²) in [5, 5.41) is 3.80. The van der Waals surface area contributed by atoms with E-state index in [0.29, 0.717) is 17.7 Å². The zero-order valence-corrected chi connectivity index (χ0v) is 14.2. The molecule has 5 heteroatoms. The Morgan fingerprint density at radius 3 is 2.96 bits per heavy atom. The van der Waals surface area contributed by atoms with E-state index in [1.165, 1.54) is 12.1 Å². The van der Waals surface area contributed by atoms with Crippen molar-refractivity contribution in [2.75, 3.05) is 13.2 Å². The minimum Gasteiger partial charge on any atom is -0.489 e. The van der Waals surface area contributed by atoms with Crippen LogP contribution in [0.2, 0.25) is 5.02 Å². The lowest BCUT2D eigenvalue weighted by Gasteiger charge is -2.12. The molecule has 0 saturated carbocycles. The molecule has 0 radical (unpaired) electrons. The number of nitrogens with one attached hydrogen (secondary N) is 1. The first-order chi connectivity index (χ1) is 11.7. The van der Waals surface area contributed by atoms with Gasteiger partial charge < -0.3 is 14.8 Å². The Labute approximate surface area is 146 Å². The van der Waals surface area contributed by atoms with E-state index in [2.05, 4.69) is 11.4 Å². The van der Waals surface area contributed by atoms with Gasteiger partial charge in [0, 0.05) is 25.3 Å². The molecular weight excluding hydrogens is 329 g/mol. The van der Waals surface area contributed by atoms with Crippen molar-refractivity contribution in [2.45, 2.75) is 32.1 Å². The second kappa shape index (κ2) is 8.47. The van der Waals surface area contributed by atoms with E-state index in [-0.39, 0.29) is 5.82 Å². The van der Waals surface area contributed by atoms with Crippen LogP contribution in [0, 0.1) is 5.82 Å². The average Bonchev–Trinajstić information content (AvgIpc) is 3.08. The lowest BCUT2D eigenvalue weighted by atomic mass is 10.2. The van der Waals surface area contributed by atoms with Gasteiger partial charge in [-0.2, -0.15) is 0 Å². The molecule has 2 aromatic carbocycles. The van der Waals surface area contributed by atoms with Gasteiger partial charge in [-0.05, 0) is 42.7 Å². The van der Waals surface area contributed by atoms with Gasteiger partial charge in [-0.15, -0.1) is 0 Å². The third-order valence-corrected chi connectivity index (χ3v) is 4.38. The van der Waals surface area contributed by atoms with Crippen LogP contribution in [0.1, 0.15) is 24.0 Å². The molecule has 24 heavy (non-hydrogen) atoms. The molecule has 1 saturated heterocycles. The maximum absolute atomic E-state index is 13.1. The van der Waals surface area contributed by atoms with Crippen molar-refractivity contribution in [1.29, 1.82) is 0 Å². The minimum absolute atomic E-state index is 0.311. The highest BCUT2D eigenvalue weighted by Gasteiger charge is 2.14. The molecule has 1 atom stereocenters. The van der Waals surface area contributed by atoms with Crippen LogP contribution in [0.25, 0.3) is 0 Å². The summed E-state index contributed by atoms with van der Waals surface area (Å²) in [5.41, 5.74) is 1.91. The Morgan fingerprint density at radius 2 is 2.17 bits per heavy atom. The zero-order chi connectivity index (χ0) is 16.8. The average molecular weight is 350 g/mol. The van der Waals surface area contributed by atoms with Crippen LogP contribution in [0.3, 0.4) is 0 Å². The van der Waals surface area contributed by atoms with Crippen molar-refractivity contribution < 1.29 is 13.9 Å². The molecule has 0 aromatic heterocycles. The van der Waals surface area contributed by atoms with Gasteiger partial charge in [-0.3, -0.25) is 0 Å². The lowest BCUT2D eigenvalue weighted by molar-refractivity contribution is 0.110. The highest BCUT2D eigenvalue weighted by atomic mass is 35.5. The van der Waals surface area contributed by atoms with Crippen LogP contribution in [0.4, 0.5) is 4.39 Å². The van der Waals surface area contributed by atoms with Gasteiger partial charge in [0.2, 0.25) is 0 Å². The van der Waals surface area contributed by atoms with E-state index < -0.39 is 0 Å². The number of rotatable bonds is 7. The van der Waals surface area contributed by atoms with Crippen LogP contribution in [-0.2, 0) is 17.9 Å². The smallest absolute Gasteiger partial charge is 0.124 e. The Hall–Kier alpha value is -1.62. The molecule has 1 heterocycles. The van der Waals surface area contributed by atoms with Gasteiger partial charge in [-0.1, -0.05) is 29.8 Å². The summed E-state index contributed by atoms with van der Waals surface area (Å²) in [6, 6.07) is 12.2. The SMILES string of the molecule is Fc1ccc(COc2cccc(CNC[C@@H]3CCCO3)c2)c(Cl)c1. The molecule has 0 bridgehead atoms. The molecule has 0 unspecified atom stereocenters. The van der Waals surface area contributed by atoms with E-state index in [4.69, 9.17) is 21.1 Å². The van der Waals surface area contributed by atoms with Crippen LogP contribution < -0.4 is 10.1 Å². The van der Waals surface area contributed by atoms with Crippen LogP contribution in [0.15, 0.2) is 42.5 Å². The topological polar surface area (TPSA) is 30.5 Å². The Kier molecular flexibility index (Phi) is 6.07. The fraction of sp³-hybridized carbons (Fsp3) is 0.368. The van der Waals surface area contributed by atoms with Gasteiger partial charge in [-0.25, -0.2) is 4.39 Å². The van der Waals surface area contributed by atoms with Crippen LogP contribution >= 0.6 is 11.6 Å². The first kappa shape index (κ1) is 17.2. The van der Waals surface area contributed by atoms with Gasteiger partial charge in [0.05, 0.1) is 11.1 Å². The lowest BCUT2D eigenvalue weighted by Crippen LogP contribution is -2.25. The standard InChI is InChI=1S/C19H21ClFNO2/c20-19-10-16(21)7-6-15(19)13-24-17-4-1-3-14(9-17)11-22-12-18-5-2-8-23-18/h1,3-4,6-7,9-10,18,22H,2,5,8,11-13H2/t18-/m0/s1. The van der Waals surface area contributed by atoms with Crippen LogP contribution in [-0.4, -0.2) is 19.3 Å². The van der Waals surface area contributed by atoms with Gasteiger partial charge >= 0.3 is 0 Å². The fourth-order valence-electron chi connectivity index (χ4n) is 2.73. The summed E-state index contributed by atoms with van der Waals surface area (Å²) in [5.74, 6) is 0.426. The van der Waals surface area contributed by atoms with Crippen molar-refractivity contribution >= 4 is 11.6 Å². The van der Waals surface area contributed by atoms with E-state index in [1.807, 2.05) is 18.2 Å². The molecule has 1 aliphatic heterocycles. The second-order valence-electron chi connectivity index (χ2n) is 5.94. The molecule has 0 spiro atoms. The monoisotopic (exact) mass is 349 g/mol. The quantitative estimate of drug-likeness (QED) is 0.807. The summed E-state index contributed by atoms with van der Waals surface area (Å²) in [6.07, 6.45) is 2.63. The normalized spacial score (nSPS) is 17.2. The van der Waals surface area contributed by atoms with Gasteiger partial charge in [0.25, 0.3) is 0 Å². The summed E-state index contributed by atoms with van der Waals surface area (Å²) in [7, 11) is 0. The maximum atomic E-state index is 13.1. The molecular formula is C19H21ClFNO2. The van der Waals surface area contributed by atoms with E-state index in [1.54, 1.807) is 6.07 Å². The third kappa shape index (κ3) is 4.94. The third-order valence-electron chi connectivity index (χ3n) is 4.03. The predicted molar refractivity (Wildman–Crippen MR) is 92.9 cm³/mol. The maximum Gasteiger partial charge on any atom is 0.124 e. The Morgan fingerprint density at radius 1 is 1.25 bits per heavy atom. The highest BCUT2D eigenvalue weighted by molar-refractivity contribution is 6.31. The summed E-state index contributed by atoms with van der Waals surface area (Å²) in [4.78, 5) is 0. The summed E-state index contributed by atoms with van der Waals surface area (Å²) >= 11 is 6.02. The van der Waals surface area contributed by atoms with Crippen molar-refractivity contribution in [3.63, 3.8) is 0 Å². The summed E-state index contributed by atoms with van der Waals surface area (Å²) < 4.78 is 24.4. The number of halogens is 2. The largest absolute Gasteiger partial charge is 0.489 e. The van der Waals surface area contributed by atoms with Gasteiger partial charge in [0.15, 0.2) is 0 Å². The van der Waals surface area contributed by atoms with E-state index in [0.717, 1.165) is 49.4 Å². The first-order valence-electron chi connectivity index (χ1n) is 8.19. The van der Waals surface area contributed by atoms with E-state index in [9.17, 15) is 4.39 Å². The minimum atomic E-state index is -0.344. The number of hydrogen-bond donors (Lipinski definition) is 1. The van der Waals surface area contributed by atoms with Crippen molar-refractivity contribution in [2.24, 2.45) is 0 Å². The summed E-state index contributed by atoms with van der Waals surface area (Å²) in [6.45, 7) is 2.83. The molecule has 0 aliphatic carbocycles. The van der Waals surface area contributed by atoms with E-state index >= 15 is 0 Å². The Bertz CT molecular complexity index is 674. The zero-order valence-electron chi connectivity index (χ0n) is 13.4. The molecule has 3 nitrogen and oxygen atoms in total. The van der Waals surface area contributed by atoms with Crippen molar-refractivity contribution in [1.82, 2.24) is 5.32 Å². The fourth-order valence-corrected chi connectivity index (χ4v) is 2.95. The molecule has 128 valence electrons. The van der Waals surface area contributed by atoms with Crippen molar-refractivity contribution in [3.8, 4) is 5.75 Å².